The number of carbonyl (C=O) groups excluding carboxylic acids is 1. The molecular formula is C20H25NO5. The SMILES string of the molecule is COc1cc(OC)c(C(=O)NCCOc2c(C)cccc2C)cc1OC. The number of nitrogens with one attached hydrogen (secondary N) is 1. The highest BCUT2D eigenvalue weighted by molar-refractivity contribution is 5.97. The number of aryl methyl sites for hydroxylation is 2. The number of hydrogen-bond acceptors (Lipinski definition) is 5. The van der Waals surface area contributed by atoms with Crippen LogP contribution in [0.3, 0.4) is 0 Å². The molecule has 0 spiro atoms. The van der Waals surface area contributed by atoms with Crippen LogP contribution in [0.1, 0.15) is 21.5 Å². The van der Waals surface area contributed by atoms with Crippen LogP contribution >= 0.6 is 0 Å². The average Bonchev–Trinajstić information content (AvgIpc) is 2.65. The topological polar surface area (TPSA) is 66.0 Å². The third-order valence-corrected chi connectivity index (χ3v) is 3.99. The highest BCUT2D eigenvalue weighted by Crippen LogP contribution is 2.34. The summed E-state index contributed by atoms with van der Waals surface area (Å²) < 4.78 is 21.6. The third-order valence-electron chi connectivity index (χ3n) is 3.99. The molecule has 0 saturated carbocycles. The molecule has 0 saturated heterocycles. The molecule has 1 N–H and O–H groups in total. The van der Waals surface area contributed by atoms with Crippen molar-refractivity contribution in [2.24, 2.45) is 0 Å². The lowest BCUT2D eigenvalue weighted by Gasteiger charge is -2.15. The highest BCUT2D eigenvalue weighted by atomic mass is 16.5. The van der Waals surface area contributed by atoms with Gasteiger partial charge in [0.15, 0.2) is 11.5 Å². The second-order valence-electron chi connectivity index (χ2n) is 5.73. The summed E-state index contributed by atoms with van der Waals surface area (Å²) >= 11 is 0. The number of carbonyl (C=O) groups is 1. The number of para-hydroxylation sites is 1. The quantitative estimate of drug-likeness (QED) is 0.734. The minimum atomic E-state index is -0.270. The summed E-state index contributed by atoms with van der Waals surface area (Å²) in [6.07, 6.45) is 0. The van der Waals surface area contributed by atoms with Gasteiger partial charge in [0.25, 0.3) is 5.91 Å². The van der Waals surface area contributed by atoms with Crippen LogP contribution in [-0.4, -0.2) is 40.4 Å². The van der Waals surface area contributed by atoms with Crippen LogP contribution in [-0.2, 0) is 0 Å². The van der Waals surface area contributed by atoms with Crippen LogP contribution in [0.5, 0.6) is 23.0 Å². The molecule has 0 aliphatic carbocycles. The molecule has 0 bridgehead atoms. The van der Waals surface area contributed by atoms with Gasteiger partial charge in [-0.05, 0) is 25.0 Å². The van der Waals surface area contributed by atoms with Crippen molar-refractivity contribution in [1.29, 1.82) is 0 Å². The van der Waals surface area contributed by atoms with Crippen LogP contribution < -0.4 is 24.3 Å². The summed E-state index contributed by atoms with van der Waals surface area (Å²) in [5.74, 6) is 1.96. The number of hydrogen-bond donors (Lipinski definition) is 1. The molecule has 2 aromatic carbocycles. The van der Waals surface area contributed by atoms with Gasteiger partial charge in [-0.25, -0.2) is 0 Å². The van der Waals surface area contributed by atoms with Gasteiger partial charge in [-0.15, -0.1) is 0 Å². The van der Waals surface area contributed by atoms with Gasteiger partial charge < -0.3 is 24.3 Å². The number of rotatable bonds is 8. The molecule has 0 atom stereocenters. The van der Waals surface area contributed by atoms with E-state index in [0.29, 0.717) is 36.0 Å². The summed E-state index contributed by atoms with van der Waals surface area (Å²) in [6.45, 7) is 4.72. The summed E-state index contributed by atoms with van der Waals surface area (Å²) in [6, 6.07) is 9.20. The lowest BCUT2D eigenvalue weighted by Crippen LogP contribution is -2.28. The smallest absolute Gasteiger partial charge is 0.255 e. The van der Waals surface area contributed by atoms with E-state index in [9.17, 15) is 4.79 Å². The predicted molar refractivity (Wildman–Crippen MR) is 99.8 cm³/mol. The Bertz CT molecular complexity index is 753. The summed E-state index contributed by atoms with van der Waals surface area (Å²) in [5, 5.41) is 2.83. The largest absolute Gasteiger partial charge is 0.496 e. The Morgan fingerprint density at radius 2 is 1.50 bits per heavy atom. The van der Waals surface area contributed by atoms with E-state index in [1.54, 1.807) is 12.1 Å². The molecule has 140 valence electrons. The van der Waals surface area contributed by atoms with E-state index in [-0.39, 0.29) is 5.91 Å². The zero-order chi connectivity index (χ0) is 19.1. The van der Waals surface area contributed by atoms with Gasteiger partial charge in [-0.3, -0.25) is 4.79 Å². The van der Waals surface area contributed by atoms with Crippen molar-refractivity contribution in [3.05, 3.63) is 47.0 Å². The van der Waals surface area contributed by atoms with Gasteiger partial charge in [0, 0.05) is 12.1 Å². The molecule has 0 aliphatic heterocycles. The van der Waals surface area contributed by atoms with Gasteiger partial charge in [-0.1, -0.05) is 18.2 Å². The minimum Gasteiger partial charge on any atom is -0.496 e. The molecule has 0 fully saturated rings. The van der Waals surface area contributed by atoms with E-state index in [0.717, 1.165) is 16.9 Å². The normalized spacial score (nSPS) is 10.2. The van der Waals surface area contributed by atoms with E-state index in [1.807, 2.05) is 32.0 Å². The summed E-state index contributed by atoms with van der Waals surface area (Å²) in [5.41, 5.74) is 2.51. The molecular weight excluding hydrogens is 334 g/mol. The minimum absolute atomic E-state index is 0.270. The zero-order valence-electron chi connectivity index (χ0n) is 15.8. The molecule has 1 amide bonds. The van der Waals surface area contributed by atoms with Crippen molar-refractivity contribution in [2.75, 3.05) is 34.5 Å². The molecule has 26 heavy (non-hydrogen) atoms. The first-order valence-corrected chi connectivity index (χ1v) is 8.29. The summed E-state index contributed by atoms with van der Waals surface area (Å²) in [4.78, 5) is 12.5. The number of methoxy groups -OCH3 is 3. The lowest BCUT2D eigenvalue weighted by molar-refractivity contribution is 0.0943. The van der Waals surface area contributed by atoms with Gasteiger partial charge in [0.1, 0.15) is 18.1 Å². The number of ether oxygens (including phenoxy) is 4. The second kappa shape index (κ2) is 8.99. The second-order valence-corrected chi connectivity index (χ2v) is 5.73. The van der Waals surface area contributed by atoms with Crippen molar-refractivity contribution in [2.45, 2.75) is 13.8 Å². The molecule has 2 rings (SSSR count). The molecule has 0 radical (unpaired) electrons. The van der Waals surface area contributed by atoms with E-state index in [1.165, 1.54) is 21.3 Å². The highest BCUT2D eigenvalue weighted by Gasteiger charge is 2.17. The molecule has 0 heterocycles. The average molecular weight is 359 g/mol. The van der Waals surface area contributed by atoms with Gasteiger partial charge in [-0.2, -0.15) is 0 Å². The van der Waals surface area contributed by atoms with Crippen LogP contribution in [0.2, 0.25) is 0 Å². The van der Waals surface area contributed by atoms with Crippen molar-refractivity contribution in [1.82, 2.24) is 5.32 Å². The van der Waals surface area contributed by atoms with Gasteiger partial charge >= 0.3 is 0 Å². The first-order valence-electron chi connectivity index (χ1n) is 8.29. The van der Waals surface area contributed by atoms with E-state index in [2.05, 4.69) is 5.32 Å². The molecule has 0 unspecified atom stereocenters. The first kappa shape index (κ1) is 19.4. The fourth-order valence-corrected chi connectivity index (χ4v) is 2.65. The van der Waals surface area contributed by atoms with Crippen LogP contribution in [0.25, 0.3) is 0 Å². The Morgan fingerprint density at radius 1 is 0.923 bits per heavy atom. The maximum atomic E-state index is 12.5. The van der Waals surface area contributed by atoms with Crippen LogP contribution in [0.15, 0.2) is 30.3 Å². The Morgan fingerprint density at radius 3 is 2.08 bits per heavy atom. The fraction of sp³-hybridized carbons (Fsp3) is 0.350. The monoisotopic (exact) mass is 359 g/mol. The lowest BCUT2D eigenvalue weighted by atomic mass is 10.1. The fourth-order valence-electron chi connectivity index (χ4n) is 2.65. The number of amides is 1. The maximum Gasteiger partial charge on any atom is 0.255 e. The Labute approximate surface area is 154 Å². The van der Waals surface area contributed by atoms with Crippen LogP contribution in [0, 0.1) is 13.8 Å². The van der Waals surface area contributed by atoms with Gasteiger partial charge in [0.05, 0.1) is 33.4 Å². The number of benzene rings is 2. The Hall–Kier alpha value is -2.89. The molecule has 0 aromatic heterocycles. The van der Waals surface area contributed by atoms with E-state index in [4.69, 9.17) is 18.9 Å². The molecule has 6 heteroatoms. The van der Waals surface area contributed by atoms with Crippen molar-refractivity contribution < 1.29 is 23.7 Å². The van der Waals surface area contributed by atoms with E-state index >= 15 is 0 Å². The Balaban J connectivity index is 2.01. The molecule has 6 nitrogen and oxygen atoms in total. The van der Waals surface area contributed by atoms with Crippen LogP contribution in [0.4, 0.5) is 0 Å². The third kappa shape index (κ3) is 4.39. The summed E-state index contributed by atoms with van der Waals surface area (Å²) in [7, 11) is 4.55. The molecule has 2 aromatic rings. The van der Waals surface area contributed by atoms with Gasteiger partial charge in [0.2, 0.25) is 0 Å². The van der Waals surface area contributed by atoms with Crippen molar-refractivity contribution in [3.63, 3.8) is 0 Å². The van der Waals surface area contributed by atoms with E-state index < -0.39 is 0 Å². The molecule has 0 aliphatic rings. The van der Waals surface area contributed by atoms with Crippen molar-refractivity contribution >= 4 is 5.91 Å². The predicted octanol–water partition coefficient (Wildman–Crippen LogP) is 3.14. The van der Waals surface area contributed by atoms with Crippen molar-refractivity contribution in [3.8, 4) is 23.0 Å². The standard InChI is InChI=1S/C20H25NO5/c1-13-7-6-8-14(2)19(13)26-10-9-21-20(22)15-11-17(24-4)18(25-5)12-16(15)23-3/h6-8,11-12H,9-10H2,1-5H3,(H,21,22). The maximum absolute atomic E-state index is 12.5. The zero-order valence-corrected chi connectivity index (χ0v) is 15.8. The first-order chi connectivity index (χ1) is 12.5. The Kier molecular flexibility index (Phi) is 6.72.